The fourth-order valence-electron chi connectivity index (χ4n) is 1.86. The molecule has 0 spiro atoms. The molecule has 0 fully saturated rings. The minimum atomic E-state index is -0.891. The monoisotopic (exact) mass is 226 g/mol. The molecule has 0 aromatic heterocycles. The Morgan fingerprint density at radius 2 is 1.65 bits per heavy atom. The topological polar surface area (TPSA) is 37.3 Å². The summed E-state index contributed by atoms with van der Waals surface area (Å²) in [6.07, 6.45) is 0. The number of carboxylic acid groups (broad SMARTS) is 1. The van der Waals surface area contributed by atoms with Crippen LogP contribution in [0.5, 0.6) is 0 Å². The van der Waals surface area contributed by atoms with E-state index in [0.717, 1.165) is 11.1 Å². The highest BCUT2D eigenvalue weighted by Crippen LogP contribution is 2.25. The first-order valence-corrected chi connectivity index (χ1v) is 5.49. The second-order valence-electron chi connectivity index (χ2n) is 4.13. The maximum Gasteiger partial charge on any atom is 0.335 e. The highest BCUT2D eigenvalue weighted by atomic mass is 16.4. The zero-order valence-corrected chi connectivity index (χ0v) is 9.90. The van der Waals surface area contributed by atoms with Crippen molar-refractivity contribution in [1.29, 1.82) is 0 Å². The molecule has 0 saturated heterocycles. The van der Waals surface area contributed by atoms with Gasteiger partial charge in [-0.1, -0.05) is 30.3 Å². The summed E-state index contributed by atoms with van der Waals surface area (Å²) in [4.78, 5) is 10.8. The lowest BCUT2D eigenvalue weighted by atomic mass is 9.96. The van der Waals surface area contributed by atoms with Crippen molar-refractivity contribution in [2.24, 2.45) is 0 Å². The van der Waals surface area contributed by atoms with E-state index in [1.807, 2.05) is 18.2 Å². The molecule has 0 aliphatic rings. The molecule has 2 aromatic carbocycles. The van der Waals surface area contributed by atoms with Crippen molar-refractivity contribution in [3.63, 3.8) is 0 Å². The van der Waals surface area contributed by atoms with Gasteiger partial charge in [0, 0.05) is 0 Å². The summed E-state index contributed by atoms with van der Waals surface area (Å²) < 4.78 is 0. The van der Waals surface area contributed by atoms with Gasteiger partial charge in [-0.05, 0) is 48.2 Å². The van der Waals surface area contributed by atoms with Gasteiger partial charge in [0.15, 0.2) is 0 Å². The number of hydrogen-bond acceptors (Lipinski definition) is 1. The van der Waals surface area contributed by atoms with Crippen molar-refractivity contribution in [2.45, 2.75) is 13.8 Å². The summed E-state index contributed by atoms with van der Waals surface area (Å²) >= 11 is 0. The quantitative estimate of drug-likeness (QED) is 0.848. The number of hydrogen-bond donors (Lipinski definition) is 1. The van der Waals surface area contributed by atoms with Crippen LogP contribution >= 0.6 is 0 Å². The third kappa shape index (κ3) is 2.21. The lowest BCUT2D eigenvalue weighted by Gasteiger charge is -2.08. The Balaban J connectivity index is 2.47. The van der Waals surface area contributed by atoms with Gasteiger partial charge in [-0.3, -0.25) is 0 Å². The van der Waals surface area contributed by atoms with Gasteiger partial charge in [0.1, 0.15) is 0 Å². The molecule has 0 amide bonds. The highest BCUT2D eigenvalue weighted by Gasteiger charge is 2.05. The van der Waals surface area contributed by atoms with E-state index in [1.165, 1.54) is 11.1 Å². The van der Waals surface area contributed by atoms with Gasteiger partial charge in [-0.15, -0.1) is 0 Å². The van der Waals surface area contributed by atoms with Gasteiger partial charge in [0.2, 0.25) is 0 Å². The van der Waals surface area contributed by atoms with Crippen LogP contribution in [0.15, 0.2) is 42.5 Å². The average molecular weight is 226 g/mol. The first kappa shape index (κ1) is 11.4. The van der Waals surface area contributed by atoms with Crippen LogP contribution in [0.1, 0.15) is 21.5 Å². The summed E-state index contributed by atoms with van der Waals surface area (Å²) in [6, 6.07) is 13.1. The van der Waals surface area contributed by atoms with Crippen LogP contribution in [0, 0.1) is 13.8 Å². The number of carboxylic acids is 1. The van der Waals surface area contributed by atoms with Gasteiger partial charge in [0.05, 0.1) is 5.56 Å². The van der Waals surface area contributed by atoms with Crippen molar-refractivity contribution in [1.82, 2.24) is 0 Å². The number of benzene rings is 2. The van der Waals surface area contributed by atoms with E-state index < -0.39 is 5.97 Å². The van der Waals surface area contributed by atoms with Gasteiger partial charge in [0.25, 0.3) is 0 Å². The second-order valence-corrected chi connectivity index (χ2v) is 4.13. The fraction of sp³-hybridized carbons (Fsp3) is 0.133. The lowest BCUT2D eigenvalue weighted by Crippen LogP contribution is -1.95. The molecular formula is C15H14O2. The summed E-state index contributed by atoms with van der Waals surface area (Å²) in [5.74, 6) is -0.891. The fourth-order valence-corrected chi connectivity index (χ4v) is 1.86. The van der Waals surface area contributed by atoms with E-state index in [9.17, 15) is 4.79 Å². The predicted molar refractivity (Wildman–Crippen MR) is 68.3 cm³/mol. The molecule has 2 rings (SSSR count). The van der Waals surface area contributed by atoms with Crippen LogP contribution in [-0.4, -0.2) is 11.1 Å². The van der Waals surface area contributed by atoms with Gasteiger partial charge >= 0.3 is 5.97 Å². The number of aromatic carboxylic acids is 1. The van der Waals surface area contributed by atoms with Crippen molar-refractivity contribution in [2.75, 3.05) is 0 Å². The molecule has 0 saturated carbocycles. The molecule has 0 radical (unpaired) electrons. The second kappa shape index (κ2) is 4.42. The van der Waals surface area contributed by atoms with Crippen molar-refractivity contribution in [3.8, 4) is 11.1 Å². The molecule has 1 N–H and O–H groups in total. The maximum atomic E-state index is 10.8. The first-order valence-electron chi connectivity index (χ1n) is 5.49. The van der Waals surface area contributed by atoms with E-state index in [2.05, 4.69) is 26.0 Å². The molecule has 0 heterocycles. The van der Waals surface area contributed by atoms with Crippen LogP contribution in [0.2, 0.25) is 0 Å². The third-order valence-electron chi connectivity index (χ3n) is 3.05. The van der Waals surface area contributed by atoms with Crippen molar-refractivity contribution >= 4 is 5.97 Å². The van der Waals surface area contributed by atoms with Crippen molar-refractivity contribution < 1.29 is 9.90 Å². The number of carbonyl (C=O) groups is 1. The van der Waals surface area contributed by atoms with E-state index in [0.29, 0.717) is 5.56 Å². The summed E-state index contributed by atoms with van der Waals surface area (Å²) in [6.45, 7) is 4.15. The van der Waals surface area contributed by atoms with E-state index in [1.54, 1.807) is 12.1 Å². The molecule has 0 atom stereocenters. The Bertz CT molecular complexity index is 554. The normalized spacial score (nSPS) is 10.2. The zero-order chi connectivity index (χ0) is 12.4. The number of aryl methyl sites for hydroxylation is 1. The Morgan fingerprint density at radius 1 is 1.00 bits per heavy atom. The smallest absolute Gasteiger partial charge is 0.335 e. The summed E-state index contributed by atoms with van der Waals surface area (Å²) in [5, 5.41) is 8.84. The summed E-state index contributed by atoms with van der Waals surface area (Å²) in [5.41, 5.74) is 5.00. The Kier molecular flexibility index (Phi) is 2.96. The van der Waals surface area contributed by atoms with Crippen LogP contribution < -0.4 is 0 Å². The first-order chi connectivity index (χ1) is 8.09. The third-order valence-corrected chi connectivity index (χ3v) is 3.05. The molecule has 17 heavy (non-hydrogen) atoms. The standard InChI is InChI=1S/C15H14O2/c1-10-4-3-5-14(11(10)2)12-6-8-13(9-7-12)15(16)17/h3-9H,1-2H3,(H,16,17). The zero-order valence-electron chi connectivity index (χ0n) is 9.90. The average Bonchev–Trinajstić information content (AvgIpc) is 2.33. The summed E-state index contributed by atoms with van der Waals surface area (Å²) in [7, 11) is 0. The highest BCUT2D eigenvalue weighted by molar-refractivity contribution is 5.88. The minimum absolute atomic E-state index is 0.319. The van der Waals surface area contributed by atoms with Crippen molar-refractivity contribution in [3.05, 3.63) is 59.2 Å². The molecule has 2 heteroatoms. The van der Waals surface area contributed by atoms with Gasteiger partial charge in [-0.25, -0.2) is 4.79 Å². The SMILES string of the molecule is Cc1cccc(-c2ccc(C(=O)O)cc2)c1C. The molecule has 86 valence electrons. The lowest BCUT2D eigenvalue weighted by molar-refractivity contribution is 0.0697. The molecule has 0 bridgehead atoms. The van der Waals surface area contributed by atoms with E-state index in [4.69, 9.17) is 5.11 Å². The van der Waals surface area contributed by atoms with E-state index >= 15 is 0 Å². The van der Waals surface area contributed by atoms with Crippen LogP contribution in [0.4, 0.5) is 0 Å². The van der Waals surface area contributed by atoms with Crippen LogP contribution in [0.25, 0.3) is 11.1 Å². The minimum Gasteiger partial charge on any atom is -0.478 e. The van der Waals surface area contributed by atoms with E-state index in [-0.39, 0.29) is 0 Å². The number of rotatable bonds is 2. The van der Waals surface area contributed by atoms with Crippen LogP contribution in [-0.2, 0) is 0 Å². The Labute approximate surface area is 101 Å². The largest absolute Gasteiger partial charge is 0.478 e. The predicted octanol–water partition coefficient (Wildman–Crippen LogP) is 3.67. The van der Waals surface area contributed by atoms with Gasteiger partial charge in [-0.2, -0.15) is 0 Å². The molecular weight excluding hydrogens is 212 g/mol. The molecule has 0 aliphatic carbocycles. The van der Waals surface area contributed by atoms with Gasteiger partial charge < -0.3 is 5.11 Å². The maximum absolute atomic E-state index is 10.8. The molecule has 2 aromatic rings. The Hall–Kier alpha value is -2.09. The van der Waals surface area contributed by atoms with Crippen LogP contribution in [0.3, 0.4) is 0 Å². The molecule has 2 nitrogen and oxygen atoms in total. The molecule has 0 aliphatic heterocycles. The molecule has 0 unspecified atom stereocenters. The Morgan fingerprint density at radius 3 is 2.24 bits per heavy atom.